The average Bonchev–Trinajstić information content (AvgIpc) is 2.08. The Morgan fingerprint density at radius 2 is 2.00 bits per heavy atom. The van der Waals surface area contributed by atoms with Gasteiger partial charge >= 0.3 is 5.69 Å². The van der Waals surface area contributed by atoms with Crippen LogP contribution in [0.3, 0.4) is 0 Å². The third kappa shape index (κ3) is 1.91. The van der Waals surface area contributed by atoms with Crippen molar-refractivity contribution in [1.29, 1.82) is 0 Å². The van der Waals surface area contributed by atoms with Crippen LogP contribution in [0.4, 0.5) is 0 Å². The van der Waals surface area contributed by atoms with Crippen molar-refractivity contribution in [1.82, 2.24) is 14.9 Å². The highest BCUT2D eigenvalue weighted by Crippen LogP contribution is 2.08. The molecule has 1 saturated heterocycles. The summed E-state index contributed by atoms with van der Waals surface area (Å²) in [6.45, 7) is 3.15. The largest absolute Gasteiger partial charge is 0.342 e. The number of amides is 1. The van der Waals surface area contributed by atoms with Crippen molar-refractivity contribution in [2.24, 2.45) is 0 Å². The normalized spacial score (nSPS) is 14.7. The molecule has 2 rings (SSSR count). The summed E-state index contributed by atoms with van der Waals surface area (Å²) in [6.07, 6.45) is 1.07. The van der Waals surface area contributed by atoms with E-state index in [1.54, 1.807) is 11.8 Å². The fraction of sp³-hybridized carbons (Fsp3) is 0.500. The smallest absolute Gasteiger partial charge is 0.325 e. The van der Waals surface area contributed by atoms with Gasteiger partial charge in [0.1, 0.15) is 0 Å². The Labute approximate surface area is 91.3 Å². The van der Waals surface area contributed by atoms with Crippen LogP contribution in [0.2, 0.25) is 0 Å². The first-order valence-electron chi connectivity index (χ1n) is 5.18. The van der Waals surface area contributed by atoms with Gasteiger partial charge in [-0.1, -0.05) is 0 Å². The van der Waals surface area contributed by atoms with E-state index in [4.69, 9.17) is 0 Å². The van der Waals surface area contributed by atoms with Gasteiger partial charge < -0.3 is 9.88 Å². The van der Waals surface area contributed by atoms with Gasteiger partial charge in [0.05, 0.1) is 6.42 Å². The zero-order valence-corrected chi connectivity index (χ0v) is 9.00. The van der Waals surface area contributed by atoms with Gasteiger partial charge in [-0.2, -0.15) is 0 Å². The van der Waals surface area contributed by atoms with Crippen LogP contribution in [0.15, 0.2) is 9.59 Å². The maximum absolute atomic E-state index is 11.7. The molecular formula is C10H13N3O3. The van der Waals surface area contributed by atoms with Gasteiger partial charge in [0.25, 0.3) is 5.56 Å². The highest BCUT2D eigenvalue weighted by molar-refractivity contribution is 5.79. The van der Waals surface area contributed by atoms with Crippen LogP contribution in [0, 0.1) is 6.92 Å². The molecule has 1 aromatic rings. The fourth-order valence-electron chi connectivity index (χ4n) is 1.67. The summed E-state index contributed by atoms with van der Waals surface area (Å²) in [7, 11) is 0. The van der Waals surface area contributed by atoms with Gasteiger partial charge in [0.15, 0.2) is 0 Å². The van der Waals surface area contributed by atoms with Crippen molar-refractivity contribution in [2.45, 2.75) is 19.8 Å². The van der Waals surface area contributed by atoms with Crippen LogP contribution in [0.1, 0.15) is 17.7 Å². The van der Waals surface area contributed by atoms with Gasteiger partial charge in [0.2, 0.25) is 5.91 Å². The molecule has 86 valence electrons. The SMILES string of the molecule is Cc1[nH]c(=O)[nH]c(=O)c1CC(=O)N1CCC1. The zero-order valence-electron chi connectivity index (χ0n) is 9.00. The fourth-order valence-corrected chi connectivity index (χ4v) is 1.67. The number of carbonyl (C=O) groups is 1. The molecule has 1 amide bonds. The molecule has 0 saturated carbocycles. The molecule has 1 fully saturated rings. The Balaban J connectivity index is 2.24. The predicted octanol–water partition coefficient (Wildman–Crippen LogP) is -0.854. The number of likely N-dealkylation sites (tertiary alicyclic amines) is 1. The zero-order chi connectivity index (χ0) is 11.7. The summed E-state index contributed by atoms with van der Waals surface area (Å²) < 4.78 is 0. The minimum absolute atomic E-state index is 0.0535. The molecule has 1 aliphatic heterocycles. The third-order valence-corrected chi connectivity index (χ3v) is 2.79. The predicted molar refractivity (Wildman–Crippen MR) is 57.3 cm³/mol. The van der Waals surface area contributed by atoms with Crippen molar-refractivity contribution < 1.29 is 4.79 Å². The third-order valence-electron chi connectivity index (χ3n) is 2.79. The van der Waals surface area contributed by atoms with E-state index in [1.807, 2.05) is 0 Å². The van der Waals surface area contributed by atoms with Gasteiger partial charge in [-0.15, -0.1) is 0 Å². The molecule has 2 heterocycles. The molecular weight excluding hydrogens is 210 g/mol. The Morgan fingerprint density at radius 3 is 2.50 bits per heavy atom. The van der Waals surface area contributed by atoms with E-state index in [-0.39, 0.29) is 12.3 Å². The van der Waals surface area contributed by atoms with Crippen LogP contribution in [0.25, 0.3) is 0 Å². The molecule has 0 unspecified atom stereocenters. The van der Waals surface area contributed by atoms with Gasteiger partial charge in [-0.3, -0.25) is 14.6 Å². The lowest BCUT2D eigenvalue weighted by Gasteiger charge is -2.30. The number of carbonyl (C=O) groups excluding carboxylic acids is 1. The maximum Gasteiger partial charge on any atom is 0.325 e. The number of aromatic nitrogens is 2. The number of nitrogens with one attached hydrogen (secondary N) is 2. The first kappa shape index (κ1) is 10.7. The molecule has 1 aliphatic rings. The molecule has 0 aromatic carbocycles. The van der Waals surface area contributed by atoms with Crippen LogP contribution in [-0.4, -0.2) is 33.9 Å². The summed E-state index contributed by atoms with van der Waals surface area (Å²) in [6, 6.07) is 0. The molecule has 6 nitrogen and oxygen atoms in total. The second kappa shape index (κ2) is 3.96. The quantitative estimate of drug-likeness (QED) is 0.684. The molecule has 0 aliphatic carbocycles. The topological polar surface area (TPSA) is 86.0 Å². The lowest BCUT2D eigenvalue weighted by atomic mass is 10.1. The number of H-pyrrole nitrogens is 2. The first-order chi connectivity index (χ1) is 7.58. The maximum atomic E-state index is 11.7. The molecule has 16 heavy (non-hydrogen) atoms. The van der Waals surface area contributed by atoms with E-state index in [0.29, 0.717) is 11.3 Å². The monoisotopic (exact) mass is 223 g/mol. The summed E-state index contributed by atoms with van der Waals surface area (Å²) in [5.74, 6) is -0.0631. The number of aryl methyl sites for hydroxylation is 1. The lowest BCUT2D eigenvalue weighted by Crippen LogP contribution is -2.44. The van der Waals surface area contributed by atoms with E-state index < -0.39 is 11.2 Å². The van der Waals surface area contributed by atoms with Crippen molar-refractivity contribution >= 4 is 5.91 Å². The van der Waals surface area contributed by atoms with E-state index >= 15 is 0 Å². The summed E-state index contributed by atoms with van der Waals surface area (Å²) in [4.78, 5) is 40.4. The number of hydrogen-bond donors (Lipinski definition) is 2. The van der Waals surface area contributed by atoms with E-state index in [0.717, 1.165) is 19.5 Å². The van der Waals surface area contributed by atoms with Crippen molar-refractivity contribution in [3.63, 3.8) is 0 Å². The summed E-state index contributed by atoms with van der Waals surface area (Å²) in [5, 5.41) is 0. The Hall–Kier alpha value is -1.85. The highest BCUT2D eigenvalue weighted by Gasteiger charge is 2.21. The Kier molecular flexibility index (Phi) is 2.64. The Bertz CT molecular complexity index is 525. The second-order valence-electron chi connectivity index (χ2n) is 3.92. The molecule has 6 heteroatoms. The van der Waals surface area contributed by atoms with Crippen LogP contribution < -0.4 is 11.2 Å². The number of nitrogens with zero attached hydrogens (tertiary/aromatic N) is 1. The average molecular weight is 223 g/mol. The highest BCUT2D eigenvalue weighted by atomic mass is 16.2. The van der Waals surface area contributed by atoms with Crippen molar-refractivity contribution in [3.05, 3.63) is 32.1 Å². The molecule has 0 bridgehead atoms. The van der Waals surface area contributed by atoms with Crippen molar-refractivity contribution in [3.8, 4) is 0 Å². The van der Waals surface area contributed by atoms with E-state index in [9.17, 15) is 14.4 Å². The van der Waals surface area contributed by atoms with Crippen molar-refractivity contribution in [2.75, 3.05) is 13.1 Å². The van der Waals surface area contributed by atoms with Crippen LogP contribution in [0.5, 0.6) is 0 Å². The summed E-state index contributed by atoms with van der Waals surface area (Å²) in [5.41, 5.74) is -0.211. The molecule has 2 N–H and O–H groups in total. The number of aromatic amines is 2. The molecule has 0 spiro atoms. The van der Waals surface area contributed by atoms with Gasteiger partial charge in [-0.05, 0) is 13.3 Å². The molecule has 0 radical (unpaired) electrons. The minimum atomic E-state index is -0.539. The van der Waals surface area contributed by atoms with Crippen LogP contribution in [-0.2, 0) is 11.2 Å². The van der Waals surface area contributed by atoms with Gasteiger partial charge in [-0.25, -0.2) is 4.79 Å². The Morgan fingerprint density at radius 1 is 1.31 bits per heavy atom. The first-order valence-corrected chi connectivity index (χ1v) is 5.18. The number of rotatable bonds is 2. The summed E-state index contributed by atoms with van der Waals surface area (Å²) >= 11 is 0. The standard InChI is InChI=1S/C10H13N3O3/c1-6-7(9(15)12-10(16)11-6)5-8(14)13-3-2-4-13/h2-5H2,1H3,(H2,11,12,15,16). The lowest BCUT2D eigenvalue weighted by molar-refractivity contribution is -0.133. The van der Waals surface area contributed by atoms with Crippen LogP contribution >= 0.6 is 0 Å². The van der Waals surface area contributed by atoms with Gasteiger partial charge in [0, 0.05) is 24.3 Å². The number of hydrogen-bond acceptors (Lipinski definition) is 3. The molecule has 0 atom stereocenters. The van der Waals surface area contributed by atoms with E-state index in [1.165, 1.54) is 0 Å². The molecule has 1 aromatic heterocycles. The van der Waals surface area contributed by atoms with E-state index in [2.05, 4.69) is 9.97 Å². The second-order valence-corrected chi connectivity index (χ2v) is 3.92. The minimum Gasteiger partial charge on any atom is -0.342 e.